The Balaban J connectivity index is 1.94. The van der Waals surface area contributed by atoms with E-state index < -0.39 is 0 Å². The van der Waals surface area contributed by atoms with E-state index in [4.69, 9.17) is 4.74 Å². The van der Waals surface area contributed by atoms with Crippen LogP contribution in [0.2, 0.25) is 0 Å². The topological polar surface area (TPSA) is 47.0 Å². The van der Waals surface area contributed by atoms with Gasteiger partial charge >= 0.3 is 0 Å². The first kappa shape index (κ1) is 7.49. The zero-order valence-electron chi connectivity index (χ0n) is 6.73. The second kappa shape index (κ2) is 3.49. The minimum absolute atomic E-state index is 0.427. The predicted octanol–water partition coefficient (Wildman–Crippen LogP) is 0.677. The van der Waals surface area contributed by atoms with Crippen molar-refractivity contribution in [2.45, 2.75) is 12.5 Å². The number of ether oxygens (including phenoxy) is 1. The van der Waals surface area contributed by atoms with Crippen LogP contribution < -0.4 is 5.32 Å². The van der Waals surface area contributed by atoms with Gasteiger partial charge in [-0.2, -0.15) is 0 Å². The second-order valence-electron chi connectivity index (χ2n) is 2.83. The number of rotatable bonds is 2. The molecular weight excluding hydrogens is 154 g/mol. The van der Waals surface area contributed by atoms with Crippen LogP contribution in [0.4, 0.5) is 5.69 Å². The molecule has 0 amide bonds. The van der Waals surface area contributed by atoms with Crippen LogP contribution in [0, 0.1) is 0 Å². The van der Waals surface area contributed by atoms with Gasteiger partial charge in [0.05, 0.1) is 30.7 Å². The van der Waals surface area contributed by atoms with Crippen molar-refractivity contribution in [3.8, 4) is 0 Å². The molecule has 12 heavy (non-hydrogen) atoms. The van der Waals surface area contributed by atoms with E-state index in [1.165, 1.54) is 6.33 Å². The maximum atomic E-state index is 5.23. The molecule has 1 aliphatic heterocycles. The first-order valence-corrected chi connectivity index (χ1v) is 4.04. The monoisotopic (exact) mass is 165 g/mol. The Labute approximate surface area is 71.0 Å². The van der Waals surface area contributed by atoms with Gasteiger partial charge in [-0.25, -0.2) is 9.97 Å². The molecule has 0 bridgehead atoms. The summed E-state index contributed by atoms with van der Waals surface area (Å²) in [6.45, 7) is 1.64. The fraction of sp³-hybridized carbons (Fsp3) is 0.500. The van der Waals surface area contributed by atoms with Crippen LogP contribution in [-0.4, -0.2) is 29.2 Å². The Kier molecular flexibility index (Phi) is 2.18. The van der Waals surface area contributed by atoms with Crippen molar-refractivity contribution in [3.63, 3.8) is 0 Å². The summed E-state index contributed by atoms with van der Waals surface area (Å²) in [5.41, 5.74) is 0.966. The molecule has 1 aliphatic rings. The first-order valence-electron chi connectivity index (χ1n) is 4.04. The van der Waals surface area contributed by atoms with Gasteiger partial charge in [0.2, 0.25) is 0 Å². The molecule has 1 atom stereocenters. The van der Waals surface area contributed by atoms with Crippen LogP contribution in [0.1, 0.15) is 6.42 Å². The third-order valence-electron chi connectivity index (χ3n) is 1.86. The summed E-state index contributed by atoms with van der Waals surface area (Å²) >= 11 is 0. The number of hydrogen-bond donors (Lipinski definition) is 1. The molecule has 0 saturated carbocycles. The fourth-order valence-electron chi connectivity index (χ4n) is 1.26. The first-order chi connectivity index (χ1) is 5.95. The summed E-state index contributed by atoms with van der Waals surface area (Å²) in [6, 6.07) is 0.427. The second-order valence-corrected chi connectivity index (χ2v) is 2.83. The molecule has 4 nitrogen and oxygen atoms in total. The lowest BCUT2D eigenvalue weighted by Crippen LogP contribution is -2.18. The Morgan fingerprint density at radius 2 is 2.25 bits per heavy atom. The van der Waals surface area contributed by atoms with E-state index in [9.17, 15) is 0 Å². The average Bonchev–Trinajstić information content (AvgIpc) is 2.59. The highest BCUT2D eigenvalue weighted by Crippen LogP contribution is 2.10. The summed E-state index contributed by atoms with van der Waals surface area (Å²) in [5, 5.41) is 3.29. The van der Waals surface area contributed by atoms with Crippen LogP contribution in [0.15, 0.2) is 18.7 Å². The number of nitrogens with one attached hydrogen (secondary N) is 1. The smallest absolute Gasteiger partial charge is 0.115 e. The molecule has 0 radical (unpaired) electrons. The van der Waals surface area contributed by atoms with Gasteiger partial charge in [0, 0.05) is 6.61 Å². The van der Waals surface area contributed by atoms with E-state index in [0.717, 1.165) is 25.3 Å². The van der Waals surface area contributed by atoms with Crippen molar-refractivity contribution >= 4 is 5.69 Å². The zero-order valence-corrected chi connectivity index (χ0v) is 6.73. The van der Waals surface area contributed by atoms with Crippen LogP contribution in [0.25, 0.3) is 0 Å². The van der Waals surface area contributed by atoms with Gasteiger partial charge in [0.15, 0.2) is 0 Å². The highest BCUT2D eigenvalue weighted by Gasteiger charge is 2.14. The number of aromatic nitrogens is 2. The molecule has 1 aromatic heterocycles. The quantitative estimate of drug-likeness (QED) is 0.700. The number of anilines is 1. The molecule has 0 aliphatic carbocycles. The van der Waals surface area contributed by atoms with E-state index in [0.29, 0.717) is 6.04 Å². The van der Waals surface area contributed by atoms with E-state index in [2.05, 4.69) is 15.3 Å². The van der Waals surface area contributed by atoms with Gasteiger partial charge in [-0.3, -0.25) is 0 Å². The molecule has 0 aromatic carbocycles. The minimum Gasteiger partial charge on any atom is -0.379 e. The molecule has 64 valence electrons. The van der Waals surface area contributed by atoms with E-state index in [1.54, 1.807) is 12.4 Å². The minimum atomic E-state index is 0.427. The lowest BCUT2D eigenvalue weighted by atomic mass is 10.2. The molecular formula is C8H11N3O. The van der Waals surface area contributed by atoms with Crippen LogP contribution in [-0.2, 0) is 4.74 Å². The van der Waals surface area contributed by atoms with Crippen molar-refractivity contribution in [2.75, 3.05) is 18.5 Å². The highest BCUT2D eigenvalue weighted by atomic mass is 16.5. The summed E-state index contributed by atoms with van der Waals surface area (Å²) in [6.07, 6.45) is 6.13. The van der Waals surface area contributed by atoms with Gasteiger partial charge < -0.3 is 10.1 Å². The predicted molar refractivity (Wildman–Crippen MR) is 44.9 cm³/mol. The Hall–Kier alpha value is -1.16. The summed E-state index contributed by atoms with van der Waals surface area (Å²) in [4.78, 5) is 7.82. The standard InChI is InChI=1S/C8H11N3O/c1-2-12-5-7(1)11-8-3-9-6-10-4-8/h3-4,6-7,11H,1-2,5H2. The third kappa shape index (κ3) is 1.71. The van der Waals surface area contributed by atoms with Crippen molar-refractivity contribution in [2.24, 2.45) is 0 Å². The average molecular weight is 165 g/mol. The molecule has 1 unspecified atom stereocenters. The zero-order chi connectivity index (χ0) is 8.23. The van der Waals surface area contributed by atoms with Gasteiger partial charge in [0.25, 0.3) is 0 Å². The van der Waals surface area contributed by atoms with E-state index >= 15 is 0 Å². The highest BCUT2D eigenvalue weighted by molar-refractivity contribution is 5.38. The van der Waals surface area contributed by atoms with Crippen molar-refractivity contribution in [1.82, 2.24) is 9.97 Å². The summed E-state index contributed by atoms with van der Waals surface area (Å²) < 4.78 is 5.23. The molecule has 1 N–H and O–H groups in total. The molecule has 1 aromatic rings. The number of nitrogens with zero attached hydrogens (tertiary/aromatic N) is 2. The molecule has 4 heteroatoms. The lowest BCUT2D eigenvalue weighted by molar-refractivity contribution is 0.195. The van der Waals surface area contributed by atoms with Crippen molar-refractivity contribution in [3.05, 3.63) is 18.7 Å². The SMILES string of the molecule is c1ncc(NC2CCOC2)cn1. The largest absolute Gasteiger partial charge is 0.379 e. The van der Waals surface area contributed by atoms with Gasteiger partial charge in [-0.15, -0.1) is 0 Å². The Morgan fingerprint density at radius 1 is 1.42 bits per heavy atom. The summed E-state index contributed by atoms with van der Waals surface area (Å²) in [5.74, 6) is 0. The fourth-order valence-corrected chi connectivity index (χ4v) is 1.26. The van der Waals surface area contributed by atoms with Crippen molar-refractivity contribution < 1.29 is 4.74 Å². The van der Waals surface area contributed by atoms with Crippen LogP contribution in [0.5, 0.6) is 0 Å². The molecule has 1 fully saturated rings. The molecule has 0 spiro atoms. The Morgan fingerprint density at radius 3 is 2.92 bits per heavy atom. The van der Waals surface area contributed by atoms with Crippen LogP contribution >= 0.6 is 0 Å². The van der Waals surface area contributed by atoms with Gasteiger partial charge in [-0.1, -0.05) is 0 Å². The molecule has 2 rings (SSSR count). The number of hydrogen-bond acceptors (Lipinski definition) is 4. The molecule has 1 saturated heterocycles. The van der Waals surface area contributed by atoms with Crippen LogP contribution in [0.3, 0.4) is 0 Å². The summed E-state index contributed by atoms with van der Waals surface area (Å²) in [7, 11) is 0. The van der Waals surface area contributed by atoms with Crippen molar-refractivity contribution in [1.29, 1.82) is 0 Å². The third-order valence-corrected chi connectivity index (χ3v) is 1.86. The normalized spacial score (nSPS) is 22.5. The maximum absolute atomic E-state index is 5.23. The van der Waals surface area contributed by atoms with Gasteiger partial charge in [-0.05, 0) is 6.42 Å². The molecule has 2 heterocycles. The van der Waals surface area contributed by atoms with E-state index in [1.807, 2.05) is 0 Å². The lowest BCUT2D eigenvalue weighted by Gasteiger charge is -2.10. The Bertz CT molecular complexity index is 233. The van der Waals surface area contributed by atoms with Gasteiger partial charge in [0.1, 0.15) is 6.33 Å². The maximum Gasteiger partial charge on any atom is 0.115 e. The van der Waals surface area contributed by atoms with E-state index in [-0.39, 0.29) is 0 Å².